The average Bonchev–Trinajstić information content (AvgIpc) is 3.49. The summed E-state index contributed by atoms with van der Waals surface area (Å²) in [6.07, 6.45) is 4.50. The van der Waals surface area contributed by atoms with Crippen molar-refractivity contribution < 1.29 is 18.3 Å². The zero-order valence-electron chi connectivity index (χ0n) is 17.2. The number of alkyl halides is 3. The molecular formula is C20H20F3N9O. The molecule has 0 bridgehead atoms. The van der Waals surface area contributed by atoms with E-state index in [2.05, 4.69) is 40.3 Å². The zero-order chi connectivity index (χ0) is 23.0. The third-order valence-corrected chi connectivity index (χ3v) is 5.53. The van der Waals surface area contributed by atoms with Crippen molar-refractivity contribution in [3.63, 3.8) is 0 Å². The maximum Gasteiger partial charge on any atom is 0.434 e. The first-order chi connectivity index (χ1) is 15.9. The van der Waals surface area contributed by atoms with E-state index < -0.39 is 18.1 Å². The van der Waals surface area contributed by atoms with Gasteiger partial charge < -0.3 is 10.0 Å². The van der Waals surface area contributed by atoms with Gasteiger partial charge in [0.1, 0.15) is 17.7 Å². The highest BCUT2D eigenvalue weighted by molar-refractivity contribution is 5.58. The highest BCUT2D eigenvalue weighted by Gasteiger charge is 2.33. The normalized spacial score (nSPS) is 18.1. The summed E-state index contributed by atoms with van der Waals surface area (Å²) < 4.78 is 40.6. The van der Waals surface area contributed by atoms with Gasteiger partial charge in [-0.15, -0.1) is 0 Å². The van der Waals surface area contributed by atoms with Crippen molar-refractivity contribution in [2.24, 2.45) is 0 Å². The number of nitrogens with one attached hydrogen (secondary N) is 2. The summed E-state index contributed by atoms with van der Waals surface area (Å²) in [5.74, 6) is 0.900. The zero-order valence-corrected chi connectivity index (χ0v) is 17.2. The van der Waals surface area contributed by atoms with Crippen LogP contribution in [0, 0.1) is 0 Å². The molecule has 33 heavy (non-hydrogen) atoms. The molecule has 172 valence electrons. The Kier molecular flexibility index (Phi) is 5.42. The van der Waals surface area contributed by atoms with Crippen molar-refractivity contribution in [1.29, 1.82) is 0 Å². The molecular weight excluding hydrogens is 439 g/mol. The van der Waals surface area contributed by atoms with Crippen molar-refractivity contribution in [3.05, 3.63) is 54.5 Å². The summed E-state index contributed by atoms with van der Waals surface area (Å²) in [7, 11) is 0. The van der Waals surface area contributed by atoms with Gasteiger partial charge in [-0.05, 0) is 18.9 Å². The van der Waals surface area contributed by atoms with Gasteiger partial charge in [0.15, 0.2) is 17.2 Å². The number of piperidine rings is 1. The Bertz CT molecular complexity index is 1240. The molecule has 1 unspecified atom stereocenters. The number of anilines is 1. The number of hydrogen-bond acceptors (Lipinski definition) is 8. The van der Waals surface area contributed by atoms with Gasteiger partial charge in [0.25, 0.3) is 0 Å². The molecule has 10 nitrogen and oxygen atoms in total. The van der Waals surface area contributed by atoms with E-state index in [-0.39, 0.29) is 17.5 Å². The summed E-state index contributed by atoms with van der Waals surface area (Å²) in [5.41, 5.74) is 0.229. The second kappa shape index (κ2) is 8.41. The molecule has 0 aromatic carbocycles. The lowest BCUT2D eigenvalue weighted by atomic mass is 10.1. The molecule has 0 amide bonds. The van der Waals surface area contributed by atoms with E-state index in [1.165, 1.54) is 10.6 Å². The molecule has 1 aliphatic rings. The van der Waals surface area contributed by atoms with E-state index in [1.807, 2.05) is 0 Å². The Morgan fingerprint density at radius 2 is 2.06 bits per heavy atom. The third-order valence-electron chi connectivity index (χ3n) is 5.53. The lowest BCUT2D eigenvalue weighted by molar-refractivity contribution is -0.141. The van der Waals surface area contributed by atoms with Gasteiger partial charge in [-0.1, -0.05) is 0 Å². The van der Waals surface area contributed by atoms with Crippen LogP contribution in [0.5, 0.6) is 0 Å². The van der Waals surface area contributed by atoms with Gasteiger partial charge in [0.2, 0.25) is 0 Å². The Balaban J connectivity index is 1.38. The number of aliphatic hydroxyl groups is 1. The van der Waals surface area contributed by atoms with Crippen LogP contribution in [0.15, 0.2) is 43.2 Å². The molecule has 0 spiro atoms. The van der Waals surface area contributed by atoms with Gasteiger partial charge in [-0.3, -0.25) is 14.8 Å². The Hall–Kier alpha value is -3.58. The number of aliphatic hydroxyl groups excluding tert-OH is 1. The Labute approximate surface area is 185 Å². The van der Waals surface area contributed by atoms with Crippen LogP contribution in [0.3, 0.4) is 0 Å². The lowest BCUT2D eigenvalue weighted by Gasteiger charge is -2.35. The van der Waals surface area contributed by atoms with E-state index >= 15 is 0 Å². The summed E-state index contributed by atoms with van der Waals surface area (Å²) in [4.78, 5) is 18.5. The molecule has 0 aliphatic carbocycles. The molecule has 2 atom stereocenters. The summed E-state index contributed by atoms with van der Waals surface area (Å²) in [6, 6.07) is 1.77. The minimum Gasteiger partial charge on any atom is -0.374 e. The van der Waals surface area contributed by atoms with Gasteiger partial charge in [-0.25, -0.2) is 19.9 Å². The molecule has 4 aromatic rings. The highest BCUT2D eigenvalue weighted by Crippen LogP contribution is 2.29. The molecule has 1 saturated heterocycles. The molecule has 0 saturated carbocycles. The lowest BCUT2D eigenvalue weighted by Crippen LogP contribution is -2.47. The molecule has 3 N–H and O–H groups in total. The maximum atomic E-state index is 13.1. The van der Waals surface area contributed by atoms with E-state index in [0.717, 1.165) is 31.8 Å². The van der Waals surface area contributed by atoms with E-state index in [4.69, 9.17) is 0 Å². The van der Waals surface area contributed by atoms with Crippen molar-refractivity contribution >= 4 is 11.5 Å². The number of aromatic amines is 1. The fourth-order valence-corrected chi connectivity index (χ4v) is 3.90. The average molecular weight is 459 g/mol. The second-order valence-corrected chi connectivity index (χ2v) is 7.77. The first-order valence-corrected chi connectivity index (χ1v) is 10.3. The van der Waals surface area contributed by atoms with Gasteiger partial charge in [-0.2, -0.15) is 18.3 Å². The van der Waals surface area contributed by atoms with Crippen molar-refractivity contribution in [1.82, 2.24) is 39.9 Å². The number of halogens is 3. The SMILES string of the molecule is OC(N[C@H]1CCCN(c2ccnc(-c3cnc4cnc(C(F)(F)F)cn34)n2)C1)c1cn[nH]c1. The summed E-state index contributed by atoms with van der Waals surface area (Å²) in [5, 5.41) is 20.1. The Morgan fingerprint density at radius 1 is 1.18 bits per heavy atom. The number of aromatic nitrogens is 7. The number of imidazole rings is 1. The summed E-state index contributed by atoms with van der Waals surface area (Å²) in [6.45, 7) is 1.35. The van der Waals surface area contributed by atoms with Crippen molar-refractivity contribution in [3.8, 4) is 11.5 Å². The van der Waals surface area contributed by atoms with Crippen LogP contribution in [0.1, 0.15) is 30.3 Å². The van der Waals surface area contributed by atoms with E-state index in [1.54, 1.807) is 24.7 Å². The molecule has 13 heteroatoms. The van der Waals surface area contributed by atoms with Crippen molar-refractivity contribution in [2.45, 2.75) is 31.3 Å². The monoisotopic (exact) mass is 459 g/mol. The van der Waals surface area contributed by atoms with E-state index in [0.29, 0.717) is 23.6 Å². The largest absolute Gasteiger partial charge is 0.434 e. The minimum absolute atomic E-state index is 0.0123. The minimum atomic E-state index is -4.57. The Morgan fingerprint density at radius 3 is 2.85 bits per heavy atom. The predicted molar refractivity (Wildman–Crippen MR) is 111 cm³/mol. The van der Waals surface area contributed by atoms with Crippen LogP contribution >= 0.6 is 0 Å². The van der Waals surface area contributed by atoms with Gasteiger partial charge >= 0.3 is 6.18 Å². The maximum absolute atomic E-state index is 13.1. The summed E-state index contributed by atoms with van der Waals surface area (Å²) >= 11 is 0. The van der Waals surface area contributed by atoms with Crippen LogP contribution in [0.2, 0.25) is 0 Å². The quantitative estimate of drug-likeness (QED) is 0.389. The molecule has 5 rings (SSSR count). The van der Waals surface area contributed by atoms with Crippen LogP contribution in [-0.2, 0) is 6.18 Å². The molecule has 1 fully saturated rings. The highest BCUT2D eigenvalue weighted by atomic mass is 19.4. The number of H-pyrrole nitrogens is 1. The predicted octanol–water partition coefficient (Wildman–Crippen LogP) is 2.18. The number of rotatable bonds is 5. The van der Waals surface area contributed by atoms with Crippen LogP contribution in [0.4, 0.5) is 19.0 Å². The first-order valence-electron chi connectivity index (χ1n) is 10.3. The molecule has 5 heterocycles. The van der Waals surface area contributed by atoms with Crippen LogP contribution < -0.4 is 10.2 Å². The van der Waals surface area contributed by atoms with Crippen LogP contribution in [0.25, 0.3) is 17.2 Å². The van der Waals surface area contributed by atoms with Gasteiger partial charge in [0.05, 0.1) is 18.6 Å². The fraction of sp³-hybridized carbons (Fsp3) is 0.350. The number of hydrogen-bond donors (Lipinski definition) is 3. The third kappa shape index (κ3) is 4.36. The van der Waals surface area contributed by atoms with Crippen molar-refractivity contribution in [2.75, 3.05) is 18.0 Å². The fourth-order valence-electron chi connectivity index (χ4n) is 3.90. The van der Waals surface area contributed by atoms with Gasteiger partial charge in [0, 0.05) is 43.3 Å². The first kappa shape index (κ1) is 21.3. The molecule has 4 aromatic heterocycles. The molecule has 0 radical (unpaired) electrons. The van der Waals surface area contributed by atoms with E-state index in [9.17, 15) is 18.3 Å². The molecule has 1 aliphatic heterocycles. The standard InChI is InChI=1S/C20H20F3N9O/c21-20(22,23)15-11-32-14(8-26-17(32)9-25-15)18-24-4-3-16(30-18)31-5-1-2-13(10-31)29-19(33)12-6-27-28-7-12/h3-4,6-9,11,13,19,29,33H,1-2,5,10H2,(H,27,28)/t13-,19?/m0/s1. The van der Waals surface area contributed by atoms with Crippen LogP contribution in [-0.4, -0.2) is 58.8 Å². The number of nitrogens with zero attached hydrogens (tertiary/aromatic N) is 7. The smallest absolute Gasteiger partial charge is 0.374 e. The second-order valence-electron chi connectivity index (χ2n) is 7.77. The topological polar surface area (TPSA) is 120 Å². The number of fused-ring (bicyclic) bond motifs is 1.